The maximum absolute atomic E-state index is 12.6. The molecular weight excluding hydrogens is 366 g/mol. The fourth-order valence-corrected chi connectivity index (χ4v) is 4.47. The van der Waals surface area contributed by atoms with Gasteiger partial charge in [0.2, 0.25) is 0 Å². The second-order valence-corrected chi connectivity index (χ2v) is 8.18. The van der Waals surface area contributed by atoms with Crippen molar-refractivity contribution >= 4 is 31.6 Å². The molecule has 3 rings (SSSR count). The van der Waals surface area contributed by atoms with Crippen molar-refractivity contribution in [3.05, 3.63) is 40.6 Å². The number of benzene rings is 1. The van der Waals surface area contributed by atoms with Crippen LogP contribution in [-0.2, 0) is 10.0 Å². The average molecular weight is 384 g/mol. The summed E-state index contributed by atoms with van der Waals surface area (Å²) in [5, 5.41) is 4.41. The predicted octanol–water partition coefficient (Wildman–Crippen LogP) is 3.87. The molecule has 0 aliphatic heterocycles. The Labute approximate surface area is 138 Å². The van der Waals surface area contributed by atoms with Gasteiger partial charge in [-0.1, -0.05) is 34.8 Å². The van der Waals surface area contributed by atoms with E-state index in [-0.39, 0.29) is 4.90 Å². The minimum Gasteiger partial charge on any atom is -0.279 e. The second kappa shape index (κ2) is 6.04. The third-order valence-electron chi connectivity index (χ3n) is 3.94. The molecule has 1 aliphatic rings. The lowest BCUT2D eigenvalue weighted by molar-refractivity contribution is 0.464. The summed E-state index contributed by atoms with van der Waals surface area (Å²) in [6.07, 6.45) is 6.16. The van der Waals surface area contributed by atoms with E-state index in [2.05, 4.69) is 25.8 Å². The topological polar surface area (TPSA) is 64.0 Å². The van der Waals surface area contributed by atoms with Crippen LogP contribution in [0.1, 0.15) is 37.4 Å². The Kier molecular flexibility index (Phi) is 4.27. The molecular formula is C15H18BrN3O2S. The molecule has 0 saturated heterocycles. The Morgan fingerprint density at radius 2 is 2.05 bits per heavy atom. The van der Waals surface area contributed by atoms with Crippen molar-refractivity contribution in [1.29, 1.82) is 0 Å². The van der Waals surface area contributed by atoms with Crippen LogP contribution in [0, 0.1) is 6.92 Å². The van der Waals surface area contributed by atoms with Crippen molar-refractivity contribution in [3.63, 3.8) is 0 Å². The van der Waals surface area contributed by atoms with Crippen molar-refractivity contribution in [2.75, 3.05) is 4.72 Å². The molecule has 1 aromatic heterocycles. The molecule has 1 fully saturated rings. The van der Waals surface area contributed by atoms with E-state index in [1.165, 1.54) is 12.8 Å². The molecule has 1 aliphatic carbocycles. The first-order valence-corrected chi connectivity index (χ1v) is 9.57. The highest BCUT2D eigenvalue weighted by Gasteiger charge is 2.24. The molecule has 118 valence electrons. The summed E-state index contributed by atoms with van der Waals surface area (Å²) in [5.74, 6) is 0. The summed E-state index contributed by atoms with van der Waals surface area (Å²) in [7, 11) is -3.62. The van der Waals surface area contributed by atoms with Gasteiger partial charge in [0.1, 0.15) is 4.90 Å². The Balaban J connectivity index is 1.88. The summed E-state index contributed by atoms with van der Waals surface area (Å²) in [6.45, 7) is 1.74. The van der Waals surface area contributed by atoms with Crippen LogP contribution in [0.15, 0.2) is 39.8 Å². The predicted molar refractivity (Wildman–Crippen MR) is 89.4 cm³/mol. The van der Waals surface area contributed by atoms with Gasteiger partial charge in [-0.05, 0) is 38.0 Å². The summed E-state index contributed by atoms with van der Waals surface area (Å²) in [4.78, 5) is 0.249. The molecule has 0 amide bonds. The number of aromatic nitrogens is 2. The Morgan fingerprint density at radius 3 is 2.73 bits per heavy atom. The molecule has 0 spiro atoms. The zero-order valence-corrected chi connectivity index (χ0v) is 14.7. The number of hydrogen-bond donors (Lipinski definition) is 1. The average Bonchev–Trinajstić information content (AvgIpc) is 3.07. The molecule has 1 saturated carbocycles. The third kappa shape index (κ3) is 3.20. The lowest BCUT2D eigenvalue weighted by Gasteiger charge is -2.09. The highest BCUT2D eigenvalue weighted by molar-refractivity contribution is 9.10. The van der Waals surface area contributed by atoms with Crippen LogP contribution < -0.4 is 4.72 Å². The first-order chi connectivity index (χ1) is 10.5. The van der Waals surface area contributed by atoms with Gasteiger partial charge in [-0.25, -0.2) is 8.42 Å². The van der Waals surface area contributed by atoms with E-state index in [0.29, 0.717) is 17.4 Å². The van der Waals surface area contributed by atoms with Crippen molar-refractivity contribution < 1.29 is 8.42 Å². The summed E-state index contributed by atoms with van der Waals surface area (Å²) < 4.78 is 30.4. The molecule has 7 heteroatoms. The number of halogens is 1. The molecule has 5 nitrogen and oxygen atoms in total. The monoisotopic (exact) mass is 383 g/mol. The first-order valence-electron chi connectivity index (χ1n) is 7.30. The largest absolute Gasteiger partial charge is 0.279 e. The molecule has 0 radical (unpaired) electrons. The molecule has 0 unspecified atom stereocenters. The lowest BCUT2D eigenvalue weighted by Crippen LogP contribution is -2.13. The number of rotatable bonds is 4. The number of hydrogen-bond acceptors (Lipinski definition) is 3. The second-order valence-electron chi connectivity index (χ2n) is 5.61. The van der Waals surface area contributed by atoms with E-state index in [4.69, 9.17) is 0 Å². The molecule has 0 bridgehead atoms. The maximum Gasteiger partial charge on any atom is 0.265 e. The highest BCUT2D eigenvalue weighted by Crippen LogP contribution is 2.30. The number of anilines is 1. The van der Waals surface area contributed by atoms with Crippen LogP contribution in [0.25, 0.3) is 0 Å². The molecule has 1 heterocycles. The van der Waals surface area contributed by atoms with Crippen LogP contribution in [0.2, 0.25) is 0 Å². The summed E-state index contributed by atoms with van der Waals surface area (Å²) in [6, 6.07) is 7.42. The molecule has 1 aromatic carbocycles. The van der Waals surface area contributed by atoms with Crippen molar-refractivity contribution in [1.82, 2.24) is 9.78 Å². The summed E-state index contributed by atoms with van der Waals surface area (Å²) in [5.41, 5.74) is 1.07. The van der Waals surface area contributed by atoms with E-state index >= 15 is 0 Å². The molecule has 2 aromatic rings. The van der Waals surface area contributed by atoms with Gasteiger partial charge in [-0.3, -0.25) is 9.40 Å². The van der Waals surface area contributed by atoms with Crippen LogP contribution in [-0.4, -0.2) is 18.2 Å². The van der Waals surface area contributed by atoms with Crippen LogP contribution in [0.5, 0.6) is 0 Å². The number of nitrogens with zero attached hydrogens (tertiary/aromatic N) is 2. The Morgan fingerprint density at radius 1 is 1.32 bits per heavy atom. The Bertz CT molecular complexity index is 780. The van der Waals surface area contributed by atoms with Crippen molar-refractivity contribution in [2.24, 2.45) is 0 Å². The van der Waals surface area contributed by atoms with E-state index < -0.39 is 10.0 Å². The van der Waals surface area contributed by atoms with Crippen LogP contribution >= 0.6 is 15.9 Å². The van der Waals surface area contributed by atoms with Crippen molar-refractivity contribution in [3.8, 4) is 0 Å². The van der Waals surface area contributed by atoms with E-state index in [0.717, 1.165) is 17.3 Å². The van der Waals surface area contributed by atoms with Gasteiger partial charge in [0, 0.05) is 16.4 Å². The zero-order valence-electron chi connectivity index (χ0n) is 12.3. The van der Waals surface area contributed by atoms with E-state index in [1.807, 2.05) is 10.7 Å². The Hall–Kier alpha value is -1.34. The minimum absolute atomic E-state index is 0.249. The fourth-order valence-electron chi connectivity index (χ4n) is 2.85. The normalized spacial score (nSPS) is 16.1. The fraction of sp³-hybridized carbons (Fsp3) is 0.400. The van der Waals surface area contributed by atoms with Gasteiger partial charge in [-0.15, -0.1) is 0 Å². The third-order valence-corrected chi connectivity index (χ3v) is 5.91. The van der Waals surface area contributed by atoms with Gasteiger partial charge in [0.05, 0.1) is 11.7 Å². The van der Waals surface area contributed by atoms with Crippen LogP contribution in [0.3, 0.4) is 0 Å². The number of nitrogens with one attached hydrogen (secondary N) is 1. The SMILES string of the molecule is Cc1nn(C2CCCC2)cc1S(=O)(=O)Nc1cccc(Br)c1. The smallest absolute Gasteiger partial charge is 0.265 e. The van der Waals surface area contributed by atoms with E-state index in [9.17, 15) is 8.42 Å². The maximum atomic E-state index is 12.6. The quantitative estimate of drug-likeness (QED) is 0.871. The van der Waals surface area contributed by atoms with Crippen molar-refractivity contribution in [2.45, 2.75) is 43.5 Å². The van der Waals surface area contributed by atoms with Gasteiger partial charge < -0.3 is 0 Å². The van der Waals surface area contributed by atoms with Gasteiger partial charge >= 0.3 is 0 Å². The van der Waals surface area contributed by atoms with Gasteiger partial charge in [0.15, 0.2) is 0 Å². The molecule has 0 atom stereocenters. The number of sulfonamides is 1. The number of aryl methyl sites for hydroxylation is 1. The highest BCUT2D eigenvalue weighted by atomic mass is 79.9. The standard InChI is InChI=1S/C15H18BrN3O2S/c1-11-15(10-19(17-11)14-7-2-3-8-14)22(20,21)18-13-6-4-5-12(16)9-13/h4-6,9-10,14,18H,2-3,7-8H2,1H3. The van der Waals surface area contributed by atoms with Crippen LogP contribution in [0.4, 0.5) is 5.69 Å². The zero-order chi connectivity index (χ0) is 15.7. The lowest BCUT2D eigenvalue weighted by atomic mass is 10.3. The van der Waals surface area contributed by atoms with Gasteiger partial charge in [-0.2, -0.15) is 5.10 Å². The summed E-state index contributed by atoms with van der Waals surface area (Å²) >= 11 is 3.34. The molecule has 22 heavy (non-hydrogen) atoms. The van der Waals surface area contributed by atoms with Gasteiger partial charge in [0.25, 0.3) is 10.0 Å². The van der Waals surface area contributed by atoms with E-state index in [1.54, 1.807) is 31.3 Å². The first kappa shape index (κ1) is 15.6. The minimum atomic E-state index is -3.62. The molecule has 1 N–H and O–H groups in total.